The van der Waals surface area contributed by atoms with Crippen molar-refractivity contribution >= 4 is 12.9 Å². The molecule has 1 fully saturated rings. The topological polar surface area (TPSA) is 88.8 Å². The summed E-state index contributed by atoms with van der Waals surface area (Å²) in [5.74, 6) is 0. The molecule has 1 unspecified atom stereocenters. The van der Waals surface area contributed by atoms with Gasteiger partial charge in [0, 0.05) is 18.9 Å². The van der Waals surface area contributed by atoms with Gasteiger partial charge in [0.15, 0.2) is 0 Å². The zero-order valence-corrected chi connectivity index (χ0v) is 17.0. The number of hydrogen-bond donors (Lipinski definition) is 0. The molecule has 1 aliphatic rings. The van der Waals surface area contributed by atoms with Crippen LogP contribution in [0.3, 0.4) is 0 Å². The van der Waals surface area contributed by atoms with Crippen LogP contribution >= 0.6 is 7.60 Å². The van der Waals surface area contributed by atoms with Gasteiger partial charge >= 0.3 is 13.3 Å². The highest BCUT2D eigenvalue weighted by Crippen LogP contribution is 2.47. The van der Waals surface area contributed by atoms with E-state index in [1.54, 1.807) is 38.1 Å². The van der Waals surface area contributed by atoms with Crippen molar-refractivity contribution in [2.45, 2.75) is 39.5 Å². The Kier molecular flexibility index (Phi) is 6.67. The molecule has 0 bridgehead atoms. The number of benzene rings is 1. The zero-order valence-electron chi connectivity index (χ0n) is 16.1. The van der Waals surface area contributed by atoms with Gasteiger partial charge < -0.3 is 13.8 Å². The van der Waals surface area contributed by atoms with E-state index in [0.29, 0.717) is 17.5 Å². The van der Waals surface area contributed by atoms with E-state index >= 15 is 0 Å². The van der Waals surface area contributed by atoms with Crippen molar-refractivity contribution in [2.24, 2.45) is 0 Å². The lowest BCUT2D eigenvalue weighted by atomic mass is 10.2. The third kappa shape index (κ3) is 4.20. The van der Waals surface area contributed by atoms with Crippen LogP contribution in [0.25, 0.3) is 0 Å². The lowest BCUT2D eigenvalue weighted by Crippen LogP contribution is -2.41. The van der Waals surface area contributed by atoms with Crippen LogP contribution in [0, 0.1) is 0 Å². The third-order valence-electron chi connectivity index (χ3n) is 4.52. The molecule has 2 aromatic rings. The summed E-state index contributed by atoms with van der Waals surface area (Å²) >= 11 is 0. The van der Waals surface area contributed by atoms with Crippen molar-refractivity contribution in [3.63, 3.8) is 0 Å². The average molecular weight is 408 g/mol. The van der Waals surface area contributed by atoms with Gasteiger partial charge in [-0.1, -0.05) is 18.2 Å². The van der Waals surface area contributed by atoms with E-state index < -0.39 is 18.8 Å². The first-order chi connectivity index (χ1) is 13.5. The highest BCUT2D eigenvalue weighted by atomic mass is 31.2. The summed E-state index contributed by atoms with van der Waals surface area (Å²) < 4.78 is 32.2. The van der Waals surface area contributed by atoms with E-state index in [-0.39, 0.29) is 26.0 Å². The van der Waals surface area contributed by atoms with Crippen LogP contribution in [0.15, 0.2) is 46.1 Å². The standard InChI is InChI=1S/C19H25N2O6P/c1-3-26-28(24,27-4-2)16-9-6-5-8-15(16)14-21-17(22)11-12-20(19(21)23)18-10-7-13-25-18/h5-6,8-9,11-12,18H,3-4,7,10,13-14H2,1-2H3. The van der Waals surface area contributed by atoms with Crippen LogP contribution in [0.5, 0.6) is 0 Å². The second-order valence-electron chi connectivity index (χ2n) is 6.36. The Morgan fingerprint density at radius 1 is 1.14 bits per heavy atom. The van der Waals surface area contributed by atoms with E-state index in [1.165, 1.54) is 16.8 Å². The van der Waals surface area contributed by atoms with E-state index in [2.05, 4.69) is 0 Å². The maximum Gasteiger partial charge on any atom is 0.361 e. The minimum absolute atomic E-state index is 0.0362. The quantitative estimate of drug-likeness (QED) is 0.623. The maximum atomic E-state index is 13.2. The Hall–Kier alpha value is -1.99. The predicted octanol–water partition coefficient (Wildman–Crippen LogP) is 2.26. The first kappa shape index (κ1) is 20.7. The normalized spacial score (nSPS) is 17.1. The Morgan fingerprint density at radius 2 is 1.86 bits per heavy atom. The molecule has 2 heterocycles. The number of aromatic nitrogens is 2. The summed E-state index contributed by atoms with van der Waals surface area (Å²) in [6.45, 7) is 4.44. The second kappa shape index (κ2) is 9.01. The van der Waals surface area contributed by atoms with E-state index in [1.807, 2.05) is 0 Å². The molecule has 1 aromatic carbocycles. The molecule has 8 nitrogen and oxygen atoms in total. The van der Waals surface area contributed by atoms with E-state index in [9.17, 15) is 14.2 Å². The van der Waals surface area contributed by atoms with Gasteiger partial charge in [0.2, 0.25) is 0 Å². The molecule has 152 valence electrons. The molecule has 28 heavy (non-hydrogen) atoms. The first-order valence-corrected chi connectivity index (χ1v) is 11.0. The first-order valence-electron chi connectivity index (χ1n) is 9.41. The van der Waals surface area contributed by atoms with Crippen molar-refractivity contribution in [1.82, 2.24) is 9.13 Å². The lowest BCUT2D eigenvalue weighted by Gasteiger charge is -2.21. The van der Waals surface area contributed by atoms with Gasteiger partial charge in [0.25, 0.3) is 5.56 Å². The fourth-order valence-electron chi connectivity index (χ4n) is 3.27. The summed E-state index contributed by atoms with van der Waals surface area (Å²) in [7, 11) is -3.56. The predicted molar refractivity (Wildman–Crippen MR) is 105 cm³/mol. The van der Waals surface area contributed by atoms with E-state index in [4.69, 9.17) is 13.8 Å². The fourth-order valence-corrected chi connectivity index (χ4v) is 5.07. The van der Waals surface area contributed by atoms with Crippen LogP contribution in [-0.2, 0) is 24.9 Å². The van der Waals surface area contributed by atoms with Crippen LogP contribution in [0.2, 0.25) is 0 Å². The molecule has 1 aliphatic heterocycles. The zero-order chi connectivity index (χ0) is 20.1. The Morgan fingerprint density at radius 3 is 2.50 bits per heavy atom. The van der Waals surface area contributed by atoms with Crippen molar-refractivity contribution in [1.29, 1.82) is 0 Å². The number of rotatable bonds is 8. The van der Waals surface area contributed by atoms with Crippen molar-refractivity contribution < 1.29 is 18.3 Å². The largest absolute Gasteiger partial charge is 0.361 e. The molecule has 3 rings (SSSR count). The van der Waals surface area contributed by atoms with Crippen LogP contribution in [0.4, 0.5) is 0 Å². The summed E-state index contributed by atoms with van der Waals surface area (Å²) in [6.07, 6.45) is 2.69. The molecule has 1 atom stereocenters. The van der Waals surface area contributed by atoms with Gasteiger partial charge in [-0.15, -0.1) is 0 Å². The summed E-state index contributed by atoms with van der Waals surface area (Å²) in [6, 6.07) is 8.19. The molecule has 0 spiro atoms. The molecule has 1 aromatic heterocycles. The van der Waals surface area contributed by atoms with Crippen molar-refractivity contribution in [3.05, 3.63) is 62.9 Å². The molecule has 1 saturated heterocycles. The van der Waals surface area contributed by atoms with Crippen LogP contribution < -0.4 is 16.6 Å². The van der Waals surface area contributed by atoms with Crippen molar-refractivity contribution in [3.8, 4) is 0 Å². The maximum absolute atomic E-state index is 13.2. The summed E-state index contributed by atoms with van der Waals surface area (Å²) in [4.78, 5) is 25.3. The number of nitrogens with zero attached hydrogens (tertiary/aromatic N) is 2. The summed E-state index contributed by atoms with van der Waals surface area (Å²) in [5.41, 5.74) is -0.356. The smallest absolute Gasteiger partial charge is 0.358 e. The molecule has 0 saturated carbocycles. The Labute approximate surface area is 163 Å². The minimum Gasteiger partial charge on any atom is -0.358 e. The molecule has 9 heteroatoms. The van der Waals surface area contributed by atoms with E-state index in [0.717, 1.165) is 17.4 Å². The SMILES string of the molecule is CCOP(=O)(OCC)c1ccccc1Cn1c(=O)ccn(C2CCCO2)c1=O. The molecular weight excluding hydrogens is 383 g/mol. The highest BCUT2D eigenvalue weighted by molar-refractivity contribution is 7.62. The van der Waals surface area contributed by atoms with Gasteiger partial charge in [0.05, 0.1) is 25.1 Å². The fraction of sp³-hybridized carbons (Fsp3) is 0.474. The minimum atomic E-state index is -3.56. The van der Waals surface area contributed by atoms with Gasteiger partial charge in [-0.05, 0) is 38.3 Å². The van der Waals surface area contributed by atoms with Gasteiger partial charge in [-0.3, -0.25) is 18.5 Å². The average Bonchev–Trinajstić information content (AvgIpc) is 3.20. The molecule has 0 aliphatic carbocycles. The lowest BCUT2D eigenvalue weighted by molar-refractivity contribution is 0.0514. The molecule has 0 radical (unpaired) electrons. The summed E-state index contributed by atoms with van der Waals surface area (Å²) in [5, 5.41) is 0.359. The highest BCUT2D eigenvalue weighted by Gasteiger charge is 2.30. The second-order valence-corrected chi connectivity index (χ2v) is 8.35. The van der Waals surface area contributed by atoms with Crippen molar-refractivity contribution in [2.75, 3.05) is 19.8 Å². The van der Waals surface area contributed by atoms with Crippen LogP contribution in [0.1, 0.15) is 38.5 Å². The number of ether oxygens (including phenoxy) is 1. The molecular formula is C19H25N2O6P. The van der Waals surface area contributed by atoms with Gasteiger partial charge in [0.1, 0.15) is 6.23 Å². The molecule has 0 amide bonds. The van der Waals surface area contributed by atoms with Crippen LogP contribution in [-0.4, -0.2) is 29.0 Å². The Bertz CT molecular complexity index is 967. The van der Waals surface area contributed by atoms with Gasteiger partial charge in [-0.25, -0.2) is 4.79 Å². The van der Waals surface area contributed by atoms with Gasteiger partial charge in [-0.2, -0.15) is 0 Å². The number of hydrogen-bond acceptors (Lipinski definition) is 6. The molecule has 0 N–H and O–H groups in total. The Balaban J connectivity index is 2.04. The monoisotopic (exact) mass is 408 g/mol. The third-order valence-corrected chi connectivity index (χ3v) is 6.75.